The smallest absolute Gasteiger partial charge is 0.224 e. The maximum absolute atomic E-state index is 5.81. The molecule has 1 unspecified atom stereocenters. The van der Waals surface area contributed by atoms with Gasteiger partial charge >= 0.3 is 0 Å². The summed E-state index contributed by atoms with van der Waals surface area (Å²) < 4.78 is 0. The Morgan fingerprint density at radius 2 is 2.43 bits per heavy atom. The van der Waals surface area contributed by atoms with Gasteiger partial charge in [0.05, 0.1) is 11.9 Å². The van der Waals surface area contributed by atoms with E-state index in [4.69, 9.17) is 17.3 Å². The minimum absolute atomic E-state index is 0.258. The van der Waals surface area contributed by atoms with Crippen LogP contribution in [0.25, 0.3) is 0 Å². The summed E-state index contributed by atoms with van der Waals surface area (Å²) in [5, 5.41) is 0.258. The second-order valence-electron chi connectivity index (χ2n) is 3.60. The minimum atomic E-state index is 0.258. The molecule has 0 amide bonds. The number of rotatable bonds is 1. The van der Waals surface area contributed by atoms with Crippen molar-refractivity contribution in [2.24, 2.45) is 0 Å². The largest absolute Gasteiger partial charge is 0.394 e. The Kier molecular flexibility index (Phi) is 2.46. The maximum Gasteiger partial charge on any atom is 0.224 e. The van der Waals surface area contributed by atoms with Crippen molar-refractivity contribution in [3.63, 3.8) is 0 Å². The minimum Gasteiger partial charge on any atom is -0.394 e. The van der Waals surface area contributed by atoms with Gasteiger partial charge in [-0.25, -0.2) is 4.98 Å². The van der Waals surface area contributed by atoms with E-state index in [0.717, 1.165) is 12.4 Å². The summed E-state index contributed by atoms with van der Waals surface area (Å²) in [5.74, 6) is 0.773. The zero-order valence-corrected chi connectivity index (χ0v) is 8.83. The van der Waals surface area contributed by atoms with E-state index in [9.17, 15) is 0 Å². The molecule has 14 heavy (non-hydrogen) atoms. The van der Waals surface area contributed by atoms with E-state index in [2.05, 4.69) is 21.8 Å². The van der Waals surface area contributed by atoms with Gasteiger partial charge in [-0.1, -0.05) is 0 Å². The molecule has 0 spiro atoms. The fourth-order valence-corrected chi connectivity index (χ4v) is 1.97. The topological polar surface area (TPSA) is 55.0 Å². The van der Waals surface area contributed by atoms with Crippen molar-refractivity contribution in [3.8, 4) is 0 Å². The lowest BCUT2D eigenvalue weighted by Gasteiger charge is -2.23. The maximum atomic E-state index is 5.81. The van der Waals surface area contributed by atoms with E-state index >= 15 is 0 Å². The van der Waals surface area contributed by atoms with Crippen LogP contribution in [0.2, 0.25) is 5.28 Å². The highest BCUT2D eigenvalue weighted by Crippen LogP contribution is 2.28. The van der Waals surface area contributed by atoms with Crippen LogP contribution in [0.5, 0.6) is 0 Å². The van der Waals surface area contributed by atoms with Crippen molar-refractivity contribution >= 4 is 23.1 Å². The van der Waals surface area contributed by atoms with E-state index in [1.165, 1.54) is 12.8 Å². The van der Waals surface area contributed by atoms with Gasteiger partial charge in [0.15, 0.2) is 5.82 Å². The predicted molar refractivity (Wildman–Crippen MR) is 57.5 cm³/mol. The highest BCUT2D eigenvalue weighted by molar-refractivity contribution is 6.28. The van der Waals surface area contributed by atoms with Crippen LogP contribution in [-0.2, 0) is 0 Å². The molecule has 2 heterocycles. The van der Waals surface area contributed by atoms with Crippen molar-refractivity contribution < 1.29 is 0 Å². The number of nitrogens with zero attached hydrogens (tertiary/aromatic N) is 3. The molecule has 0 aromatic carbocycles. The lowest BCUT2D eigenvalue weighted by molar-refractivity contribution is 0.727. The van der Waals surface area contributed by atoms with Gasteiger partial charge in [0, 0.05) is 12.6 Å². The summed E-state index contributed by atoms with van der Waals surface area (Å²) in [6, 6.07) is 0.489. The lowest BCUT2D eigenvalue weighted by Crippen LogP contribution is -2.28. The van der Waals surface area contributed by atoms with Crippen LogP contribution >= 0.6 is 11.6 Å². The highest BCUT2D eigenvalue weighted by atomic mass is 35.5. The lowest BCUT2D eigenvalue weighted by atomic mass is 10.2. The molecular weight excluding hydrogens is 200 g/mol. The highest BCUT2D eigenvalue weighted by Gasteiger charge is 2.23. The van der Waals surface area contributed by atoms with E-state index in [1.807, 2.05) is 0 Å². The van der Waals surface area contributed by atoms with Gasteiger partial charge in [-0.3, -0.25) is 0 Å². The Labute approximate surface area is 88.1 Å². The van der Waals surface area contributed by atoms with Crippen LogP contribution < -0.4 is 10.6 Å². The number of nitrogens with two attached hydrogens (primary N) is 1. The first-order valence-corrected chi connectivity index (χ1v) is 5.11. The summed E-state index contributed by atoms with van der Waals surface area (Å²) in [6.45, 7) is 3.17. The van der Waals surface area contributed by atoms with Crippen molar-refractivity contribution in [3.05, 3.63) is 11.5 Å². The molecule has 1 atom stereocenters. The number of hydrogen-bond donors (Lipinski definition) is 1. The summed E-state index contributed by atoms with van der Waals surface area (Å²) in [5.41, 5.74) is 6.41. The van der Waals surface area contributed by atoms with Gasteiger partial charge in [0.2, 0.25) is 5.28 Å². The molecule has 0 radical (unpaired) electrons. The van der Waals surface area contributed by atoms with Crippen molar-refractivity contribution in [2.45, 2.75) is 25.8 Å². The Balaban J connectivity index is 2.34. The molecule has 1 aromatic heterocycles. The molecule has 2 N–H and O–H groups in total. The van der Waals surface area contributed by atoms with Crippen molar-refractivity contribution in [2.75, 3.05) is 17.2 Å². The third-order valence-corrected chi connectivity index (χ3v) is 2.77. The van der Waals surface area contributed by atoms with Crippen LogP contribution in [0.1, 0.15) is 19.8 Å². The van der Waals surface area contributed by atoms with Gasteiger partial charge in [0.25, 0.3) is 0 Å². The summed E-state index contributed by atoms with van der Waals surface area (Å²) in [4.78, 5) is 10.2. The first-order valence-electron chi connectivity index (χ1n) is 4.73. The van der Waals surface area contributed by atoms with Crippen molar-refractivity contribution in [1.82, 2.24) is 9.97 Å². The van der Waals surface area contributed by atoms with E-state index < -0.39 is 0 Å². The number of aromatic nitrogens is 2. The molecule has 5 heteroatoms. The van der Waals surface area contributed by atoms with Crippen LogP contribution in [0.15, 0.2) is 6.20 Å². The average molecular weight is 213 g/mol. The fourth-order valence-electron chi connectivity index (χ4n) is 1.84. The van der Waals surface area contributed by atoms with Gasteiger partial charge < -0.3 is 10.6 Å². The zero-order chi connectivity index (χ0) is 10.1. The fraction of sp³-hybridized carbons (Fsp3) is 0.556. The van der Waals surface area contributed by atoms with Gasteiger partial charge in [-0.05, 0) is 31.4 Å². The molecule has 76 valence electrons. The first-order chi connectivity index (χ1) is 6.68. The van der Waals surface area contributed by atoms with Crippen LogP contribution in [0, 0.1) is 0 Å². The molecule has 1 fully saturated rings. The molecule has 1 aliphatic heterocycles. The third-order valence-electron chi connectivity index (χ3n) is 2.59. The standard InChI is InChI=1S/C9H13ClN4/c1-6-3-2-4-14(6)8-7(11)5-12-9(10)13-8/h5-6H,2-4,11H2,1H3. The molecule has 1 aliphatic rings. The molecule has 2 rings (SSSR count). The van der Waals surface area contributed by atoms with E-state index in [1.54, 1.807) is 6.20 Å². The average Bonchev–Trinajstić information content (AvgIpc) is 2.56. The second-order valence-corrected chi connectivity index (χ2v) is 3.94. The number of halogens is 1. The molecule has 1 aromatic rings. The molecular formula is C9H13ClN4. The Hall–Kier alpha value is -1.03. The van der Waals surface area contributed by atoms with Gasteiger partial charge in [-0.2, -0.15) is 4.98 Å². The Morgan fingerprint density at radius 1 is 1.64 bits per heavy atom. The van der Waals surface area contributed by atoms with Crippen molar-refractivity contribution in [1.29, 1.82) is 0 Å². The van der Waals surface area contributed by atoms with Crippen LogP contribution in [-0.4, -0.2) is 22.6 Å². The third kappa shape index (κ3) is 1.62. The quantitative estimate of drug-likeness (QED) is 0.720. The molecule has 0 bridgehead atoms. The first kappa shape index (κ1) is 9.52. The summed E-state index contributed by atoms with van der Waals surface area (Å²) in [6.07, 6.45) is 3.93. The van der Waals surface area contributed by atoms with Gasteiger partial charge in [-0.15, -0.1) is 0 Å². The molecule has 1 saturated heterocycles. The number of anilines is 2. The Bertz CT molecular complexity index is 342. The monoisotopic (exact) mass is 212 g/mol. The normalized spacial score (nSPS) is 21.6. The predicted octanol–water partition coefficient (Wildman–Crippen LogP) is 1.70. The Morgan fingerprint density at radius 3 is 3.07 bits per heavy atom. The van der Waals surface area contributed by atoms with E-state index in [-0.39, 0.29) is 5.28 Å². The summed E-state index contributed by atoms with van der Waals surface area (Å²) >= 11 is 5.74. The second kappa shape index (κ2) is 3.61. The molecule has 0 aliphatic carbocycles. The van der Waals surface area contributed by atoms with E-state index in [0.29, 0.717) is 11.7 Å². The number of nitrogen functional groups attached to an aromatic ring is 1. The van der Waals surface area contributed by atoms with Gasteiger partial charge in [0.1, 0.15) is 0 Å². The van der Waals surface area contributed by atoms with Crippen LogP contribution in [0.4, 0.5) is 11.5 Å². The zero-order valence-electron chi connectivity index (χ0n) is 8.07. The van der Waals surface area contributed by atoms with Crippen LogP contribution in [0.3, 0.4) is 0 Å². The molecule has 0 saturated carbocycles. The summed E-state index contributed by atoms with van der Waals surface area (Å²) in [7, 11) is 0. The number of hydrogen-bond acceptors (Lipinski definition) is 4. The molecule has 4 nitrogen and oxygen atoms in total. The SMILES string of the molecule is CC1CCCN1c1nc(Cl)ncc1N.